The number of carbonyl (C=O) groups excluding carboxylic acids is 1. The first-order valence-corrected chi connectivity index (χ1v) is 6.69. The molecule has 1 aliphatic heterocycles. The van der Waals surface area contributed by atoms with E-state index < -0.39 is 5.60 Å². The summed E-state index contributed by atoms with van der Waals surface area (Å²) in [5, 5.41) is 4.25. The molecule has 0 unspecified atom stereocenters. The van der Waals surface area contributed by atoms with Crippen LogP contribution in [-0.2, 0) is 4.74 Å². The third-order valence-electron chi connectivity index (χ3n) is 3.27. The number of amides is 1. The number of aromatic nitrogens is 2. The summed E-state index contributed by atoms with van der Waals surface area (Å²) in [6, 6.07) is 1.62. The van der Waals surface area contributed by atoms with E-state index in [1.54, 1.807) is 11.0 Å². The van der Waals surface area contributed by atoms with Gasteiger partial charge in [0, 0.05) is 6.54 Å². The summed E-state index contributed by atoms with van der Waals surface area (Å²) in [4.78, 5) is 17.3. The number of ether oxygens (including phenoxy) is 1. The number of carbonyl (C=O) groups is 1. The fourth-order valence-electron chi connectivity index (χ4n) is 2.35. The van der Waals surface area contributed by atoms with Gasteiger partial charge in [0.1, 0.15) is 5.60 Å². The van der Waals surface area contributed by atoms with Gasteiger partial charge in [0.15, 0.2) is 0 Å². The maximum Gasteiger partial charge on any atom is 0.410 e. The third-order valence-corrected chi connectivity index (χ3v) is 3.27. The summed E-state index contributed by atoms with van der Waals surface area (Å²) in [7, 11) is 0. The van der Waals surface area contributed by atoms with Crippen molar-refractivity contribution in [3.63, 3.8) is 0 Å². The Kier molecular flexibility index (Phi) is 3.46. The van der Waals surface area contributed by atoms with Gasteiger partial charge in [-0.2, -0.15) is 4.68 Å². The molecule has 1 aromatic rings. The average molecular weight is 276 g/mol. The van der Waals surface area contributed by atoms with Gasteiger partial charge in [-0.15, -0.1) is 0 Å². The van der Waals surface area contributed by atoms with Crippen LogP contribution >= 0.6 is 0 Å². The van der Waals surface area contributed by atoms with Crippen LogP contribution in [0.15, 0.2) is 6.07 Å². The minimum atomic E-state index is -0.514. The van der Waals surface area contributed by atoms with Gasteiger partial charge in [-0.1, -0.05) is 6.57 Å². The van der Waals surface area contributed by atoms with Crippen LogP contribution in [0.5, 0.6) is 0 Å². The molecule has 108 valence electrons. The zero-order valence-electron chi connectivity index (χ0n) is 12.5. The highest BCUT2D eigenvalue weighted by Crippen LogP contribution is 2.33. The molecule has 0 spiro atoms. The molecule has 0 aromatic carbocycles. The monoisotopic (exact) mass is 276 g/mol. The van der Waals surface area contributed by atoms with Crippen molar-refractivity contribution in [3.8, 4) is 0 Å². The van der Waals surface area contributed by atoms with Crippen LogP contribution in [-0.4, -0.2) is 32.9 Å². The van der Waals surface area contributed by atoms with Crippen molar-refractivity contribution in [1.29, 1.82) is 0 Å². The summed E-state index contributed by atoms with van der Waals surface area (Å²) >= 11 is 0. The van der Waals surface area contributed by atoms with Crippen molar-refractivity contribution in [2.24, 2.45) is 0 Å². The van der Waals surface area contributed by atoms with Gasteiger partial charge in [-0.25, -0.2) is 4.79 Å². The van der Waals surface area contributed by atoms with E-state index in [0.717, 1.165) is 5.69 Å². The Morgan fingerprint density at radius 3 is 2.70 bits per heavy atom. The normalized spacial score (nSPS) is 22.1. The van der Waals surface area contributed by atoms with Crippen molar-refractivity contribution in [2.75, 3.05) is 6.54 Å². The second-order valence-electron chi connectivity index (χ2n) is 6.14. The van der Waals surface area contributed by atoms with E-state index >= 15 is 0 Å². The summed E-state index contributed by atoms with van der Waals surface area (Å²) in [5.41, 5.74) is 0.361. The Morgan fingerprint density at radius 1 is 1.50 bits per heavy atom. The molecule has 0 aliphatic carbocycles. The SMILES string of the molecule is [C-]#[N+]c1cc2n(n1)[C@@H](C)CN(C(=O)OC(C)(C)C)[C@H]2C. The number of hydrogen-bond acceptors (Lipinski definition) is 3. The number of rotatable bonds is 0. The smallest absolute Gasteiger partial charge is 0.410 e. The Bertz CT molecular complexity index is 565. The van der Waals surface area contributed by atoms with Crippen LogP contribution in [0.25, 0.3) is 4.85 Å². The second-order valence-corrected chi connectivity index (χ2v) is 6.14. The molecule has 2 heterocycles. The van der Waals surface area contributed by atoms with Crippen molar-refractivity contribution in [3.05, 3.63) is 23.2 Å². The van der Waals surface area contributed by atoms with Crippen LogP contribution in [0.1, 0.15) is 52.4 Å². The molecule has 20 heavy (non-hydrogen) atoms. The predicted molar refractivity (Wildman–Crippen MR) is 74.6 cm³/mol. The molecule has 0 radical (unpaired) electrons. The zero-order valence-corrected chi connectivity index (χ0v) is 12.5. The van der Waals surface area contributed by atoms with E-state index in [9.17, 15) is 4.79 Å². The lowest BCUT2D eigenvalue weighted by atomic mass is 10.1. The molecule has 6 heteroatoms. The lowest BCUT2D eigenvalue weighted by Gasteiger charge is -2.37. The number of fused-ring (bicyclic) bond motifs is 1. The molecule has 1 aromatic heterocycles. The summed E-state index contributed by atoms with van der Waals surface area (Å²) < 4.78 is 7.27. The zero-order chi connectivity index (χ0) is 15.1. The van der Waals surface area contributed by atoms with E-state index in [2.05, 4.69) is 9.94 Å². The van der Waals surface area contributed by atoms with Crippen LogP contribution in [0.3, 0.4) is 0 Å². The Hall–Kier alpha value is -2.03. The standard InChI is InChI=1S/C14H20N4O2/c1-9-8-17(13(19)20-14(3,4)5)10(2)11-7-12(15-6)16-18(9)11/h7,9-10H,8H2,1-5H3/t9-,10-/m0/s1. The highest BCUT2D eigenvalue weighted by Gasteiger charge is 2.36. The third kappa shape index (κ3) is 2.62. The quantitative estimate of drug-likeness (QED) is 0.683. The van der Waals surface area contributed by atoms with Crippen LogP contribution < -0.4 is 0 Å². The van der Waals surface area contributed by atoms with E-state index in [0.29, 0.717) is 12.4 Å². The molecule has 2 atom stereocenters. The first-order valence-electron chi connectivity index (χ1n) is 6.69. The van der Waals surface area contributed by atoms with Gasteiger partial charge in [-0.3, -0.25) is 4.90 Å². The fraction of sp³-hybridized carbons (Fsp3) is 0.643. The molecule has 0 fully saturated rings. The maximum absolute atomic E-state index is 12.3. The van der Waals surface area contributed by atoms with Crippen molar-refractivity contribution in [1.82, 2.24) is 14.7 Å². The van der Waals surface area contributed by atoms with E-state index in [1.165, 1.54) is 0 Å². The van der Waals surface area contributed by atoms with Crippen LogP contribution in [0, 0.1) is 6.57 Å². The van der Waals surface area contributed by atoms with Gasteiger partial charge in [-0.05, 0) is 45.8 Å². The van der Waals surface area contributed by atoms with E-state index in [-0.39, 0.29) is 18.2 Å². The van der Waals surface area contributed by atoms with E-state index in [1.807, 2.05) is 39.3 Å². The largest absolute Gasteiger partial charge is 0.444 e. The Labute approximate surface area is 119 Å². The average Bonchev–Trinajstić information content (AvgIpc) is 2.76. The molecule has 0 bridgehead atoms. The minimum absolute atomic E-state index is 0.0317. The van der Waals surface area contributed by atoms with Gasteiger partial charge < -0.3 is 9.58 Å². The first-order chi connectivity index (χ1) is 9.23. The number of hydrogen-bond donors (Lipinski definition) is 0. The topological polar surface area (TPSA) is 51.7 Å². The minimum Gasteiger partial charge on any atom is -0.444 e. The summed E-state index contributed by atoms with van der Waals surface area (Å²) in [6.45, 7) is 17.0. The maximum atomic E-state index is 12.3. The molecule has 0 N–H and O–H groups in total. The highest BCUT2D eigenvalue weighted by molar-refractivity contribution is 5.69. The first kappa shape index (κ1) is 14.4. The van der Waals surface area contributed by atoms with Crippen LogP contribution in [0.4, 0.5) is 10.6 Å². The molecular formula is C14H20N4O2. The fourth-order valence-corrected chi connectivity index (χ4v) is 2.35. The predicted octanol–water partition coefficient (Wildman–Crippen LogP) is 3.31. The molecule has 1 aliphatic rings. The van der Waals surface area contributed by atoms with E-state index in [4.69, 9.17) is 11.3 Å². The van der Waals surface area contributed by atoms with Gasteiger partial charge in [0.05, 0.1) is 17.8 Å². The molecule has 1 amide bonds. The molecule has 0 saturated carbocycles. The Balaban J connectivity index is 2.28. The summed E-state index contributed by atoms with van der Waals surface area (Å²) in [5.74, 6) is 0.365. The second kappa shape index (κ2) is 4.82. The van der Waals surface area contributed by atoms with Crippen molar-refractivity contribution < 1.29 is 9.53 Å². The lowest BCUT2D eigenvalue weighted by Crippen LogP contribution is -2.45. The molecule has 2 rings (SSSR count). The molecule has 0 saturated heterocycles. The van der Waals surface area contributed by atoms with Gasteiger partial charge >= 0.3 is 6.09 Å². The lowest BCUT2D eigenvalue weighted by molar-refractivity contribution is 0.00866. The molecular weight excluding hydrogens is 256 g/mol. The van der Waals surface area contributed by atoms with Gasteiger partial charge in [0.25, 0.3) is 5.82 Å². The number of nitrogens with zero attached hydrogens (tertiary/aromatic N) is 4. The summed E-state index contributed by atoms with van der Waals surface area (Å²) in [6.07, 6.45) is -0.325. The molecule has 6 nitrogen and oxygen atoms in total. The van der Waals surface area contributed by atoms with Crippen molar-refractivity contribution in [2.45, 2.75) is 52.3 Å². The highest BCUT2D eigenvalue weighted by atomic mass is 16.6. The van der Waals surface area contributed by atoms with Crippen molar-refractivity contribution >= 4 is 11.9 Å². The van der Waals surface area contributed by atoms with Gasteiger partial charge in [0.2, 0.25) is 0 Å². The Morgan fingerprint density at radius 2 is 2.15 bits per heavy atom. The van der Waals surface area contributed by atoms with Crippen LogP contribution in [0.2, 0.25) is 0 Å².